The molecule has 0 saturated carbocycles. The summed E-state index contributed by atoms with van der Waals surface area (Å²) in [7, 11) is -0.401. The fraction of sp³-hybridized carbons (Fsp3) is 0.188. The SMILES string of the molecule is CC1(C)OB(c2cccc(-c3ccc(-c4nc(-c5ccccc5)nc(-c5cccnc5)n4)cc3)c2)OC1(C)C. The van der Waals surface area contributed by atoms with E-state index in [1.54, 1.807) is 12.4 Å². The second-order valence-electron chi connectivity index (χ2n) is 10.7. The van der Waals surface area contributed by atoms with Crippen LogP contribution in [0.5, 0.6) is 0 Å². The Morgan fingerprint density at radius 2 is 1.08 bits per heavy atom. The van der Waals surface area contributed by atoms with E-state index in [2.05, 4.69) is 63.0 Å². The minimum absolute atomic E-state index is 0.382. The molecule has 0 radical (unpaired) electrons. The van der Waals surface area contributed by atoms with Crippen LogP contribution >= 0.6 is 0 Å². The number of rotatable bonds is 5. The Kier molecular flexibility index (Phi) is 6.33. The zero-order chi connectivity index (χ0) is 27.0. The largest absolute Gasteiger partial charge is 0.494 e. The van der Waals surface area contributed by atoms with Gasteiger partial charge in [0.15, 0.2) is 17.5 Å². The Hall–Kier alpha value is -4.20. The summed E-state index contributed by atoms with van der Waals surface area (Å²) in [5.74, 6) is 1.82. The van der Waals surface area contributed by atoms with E-state index in [0.29, 0.717) is 17.5 Å². The van der Waals surface area contributed by atoms with E-state index in [-0.39, 0.29) is 11.2 Å². The van der Waals surface area contributed by atoms with Gasteiger partial charge in [0, 0.05) is 29.1 Å². The Labute approximate surface area is 229 Å². The molecule has 0 aliphatic carbocycles. The monoisotopic (exact) mass is 512 g/mol. The van der Waals surface area contributed by atoms with Gasteiger partial charge in [-0.2, -0.15) is 0 Å². The van der Waals surface area contributed by atoms with E-state index in [1.807, 2.05) is 60.7 Å². The number of benzene rings is 3. The van der Waals surface area contributed by atoms with Crippen molar-refractivity contribution >= 4 is 12.6 Å². The van der Waals surface area contributed by atoms with Gasteiger partial charge in [0.2, 0.25) is 0 Å². The van der Waals surface area contributed by atoms with E-state index >= 15 is 0 Å². The van der Waals surface area contributed by atoms with Crippen molar-refractivity contribution in [3.8, 4) is 45.3 Å². The number of pyridine rings is 1. The lowest BCUT2D eigenvalue weighted by atomic mass is 9.78. The van der Waals surface area contributed by atoms with Crippen molar-refractivity contribution in [2.24, 2.45) is 0 Å². The maximum atomic E-state index is 6.26. The first-order chi connectivity index (χ1) is 18.8. The molecule has 5 aromatic rings. The lowest BCUT2D eigenvalue weighted by molar-refractivity contribution is 0.00578. The summed E-state index contributed by atoms with van der Waals surface area (Å²) < 4.78 is 12.5. The third kappa shape index (κ3) is 4.99. The van der Waals surface area contributed by atoms with Gasteiger partial charge < -0.3 is 9.31 Å². The fourth-order valence-corrected chi connectivity index (χ4v) is 4.50. The highest BCUT2D eigenvalue weighted by atomic mass is 16.7. The molecule has 1 aliphatic heterocycles. The Morgan fingerprint density at radius 3 is 1.69 bits per heavy atom. The van der Waals surface area contributed by atoms with Crippen molar-refractivity contribution < 1.29 is 9.31 Å². The summed E-state index contributed by atoms with van der Waals surface area (Å²) in [6.45, 7) is 8.28. The number of hydrogen-bond acceptors (Lipinski definition) is 6. The molecule has 6 nitrogen and oxygen atoms in total. The smallest absolute Gasteiger partial charge is 0.399 e. The zero-order valence-corrected chi connectivity index (χ0v) is 22.5. The molecule has 2 aromatic heterocycles. The molecular formula is C32H29BN4O2. The van der Waals surface area contributed by atoms with Crippen molar-refractivity contribution in [2.75, 3.05) is 0 Å². The maximum Gasteiger partial charge on any atom is 0.494 e. The molecule has 0 amide bonds. The Balaban J connectivity index is 1.33. The van der Waals surface area contributed by atoms with Gasteiger partial charge in [-0.05, 0) is 56.4 Å². The number of hydrogen-bond donors (Lipinski definition) is 0. The minimum atomic E-state index is -0.401. The molecule has 6 rings (SSSR count). The van der Waals surface area contributed by atoms with Crippen molar-refractivity contribution in [3.05, 3.63) is 103 Å². The van der Waals surface area contributed by atoms with Crippen LogP contribution in [0.15, 0.2) is 103 Å². The summed E-state index contributed by atoms with van der Waals surface area (Å²) in [5, 5.41) is 0. The maximum absolute atomic E-state index is 6.26. The highest BCUT2D eigenvalue weighted by molar-refractivity contribution is 6.62. The van der Waals surface area contributed by atoms with Crippen LogP contribution in [0.3, 0.4) is 0 Å². The van der Waals surface area contributed by atoms with Gasteiger partial charge in [-0.25, -0.2) is 15.0 Å². The van der Waals surface area contributed by atoms with E-state index in [4.69, 9.17) is 24.3 Å². The van der Waals surface area contributed by atoms with Crippen LogP contribution in [-0.4, -0.2) is 38.3 Å². The second kappa shape index (κ2) is 9.84. The van der Waals surface area contributed by atoms with Crippen LogP contribution < -0.4 is 5.46 Å². The second-order valence-corrected chi connectivity index (χ2v) is 10.7. The molecule has 7 heteroatoms. The summed E-state index contributed by atoms with van der Waals surface area (Å²) in [5.41, 5.74) is 5.09. The average Bonchev–Trinajstić information content (AvgIpc) is 3.20. The van der Waals surface area contributed by atoms with E-state index in [9.17, 15) is 0 Å². The molecule has 1 aliphatic rings. The van der Waals surface area contributed by atoms with Crippen LogP contribution in [0.25, 0.3) is 45.3 Å². The molecule has 0 atom stereocenters. The molecule has 3 heterocycles. The average molecular weight is 512 g/mol. The topological polar surface area (TPSA) is 70.0 Å². The molecule has 0 spiro atoms. The van der Waals surface area contributed by atoms with Gasteiger partial charge in [0.05, 0.1) is 11.2 Å². The van der Waals surface area contributed by atoms with Crippen LogP contribution in [0.1, 0.15) is 27.7 Å². The molecule has 39 heavy (non-hydrogen) atoms. The van der Waals surface area contributed by atoms with Crippen molar-refractivity contribution in [2.45, 2.75) is 38.9 Å². The van der Waals surface area contributed by atoms with Gasteiger partial charge in [-0.3, -0.25) is 4.98 Å². The van der Waals surface area contributed by atoms with E-state index < -0.39 is 7.12 Å². The van der Waals surface area contributed by atoms with Gasteiger partial charge in [-0.1, -0.05) is 78.9 Å². The normalized spacial score (nSPS) is 15.8. The van der Waals surface area contributed by atoms with Crippen LogP contribution in [0.2, 0.25) is 0 Å². The molecule has 1 saturated heterocycles. The molecule has 0 N–H and O–H groups in total. The lowest BCUT2D eigenvalue weighted by Gasteiger charge is -2.32. The van der Waals surface area contributed by atoms with E-state index in [1.165, 1.54) is 0 Å². The molecule has 0 bridgehead atoms. The van der Waals surface area contributed by atoms with Crippen LogP contribution in [0, 0.1) is 0 Å². The van der Waals surface area contributed by atoms with Crippen molar-refractivity contribution in [1.82, 2.24) is 19.9 Å². The molecule has 0 unspecified atom stereocenters. The molecule has 192 valence electrons. The van der Waals surface area contributed by atoms with Gasteiger partial charge in [0.25, 0.3) is 0 Å². The summed E-state index contributed by atoms with van der Waals surface area (Å²) in [6, 6.07) is 30.4. The first kappa shape index (κ1) is 25.1. The predicted molar refractivity (Wildman–Crippen MR) is 155 cm³/mol. The summed E-state index contributed by atoms with van der Waals surface area (Å²) in [6.07, 6.45) is 3.51. The van der Waals surface area contributed by atoms with Gasteiger partial charge in [-0.15, -0.1) is 0 Å². The third-order valence-electron chi connectivity index (χ3n) is 7.48. The minimum Gasteiger partial charge on any atom is -0.399 e. The Morgan fingerprint density at radius 1 is 0.538 bits per heavy atom. The predicted octanol–water partition coefficient (Wildman–Crippen LogP) is 6.23. The first-order valence-electron chi connectivity index (χ1n) is 13.1. The lowest BCUT2D eigenvalue weighted by Crippen LogP contribution is -2.41. The van der Waals surface area contributed by atoms with Crippen molar-refractivity contribution in [1.29, 1.82) is 0 Å². The van der Waals surface area contributed by atoms with Gasteiger partial charge >= 0.3 is 7.12 Å². The number of aromatic nitrogens is 4. The summed E-state index contributed by atoms with van der Waals surface area (Å²) in [4.78, 5) is 18.6. The fourth-order valence-electron chi connectivity index (χ4n) is 4.50. The zero-order valence-electron chi connectivity index (χ0n) is 22.5. The van der Waals surface area contributed by atoms with Crippen LogP contribution in [0.4, 0.5) is 0 Å². The number of nitrogens with zero attached hydrogens (tertiary/aromatic N) is 4. The first-order valence-corrected chi connectivity index (χ1v) is 13.1. The standard InChI is InChI=1S/C32H29BN4O2/c1-31(2)32(3,4)39-33(38-31)27-14-8-12-25(20-27)22-15-17-24(18-16-22)29-35-28(23-10-6-5-7-11-23)36-30(37-29)26-13-9-19-34-21-26/h5-21H,1-4H3. The Bertz CT molecular complexity index is 1530. The van der Waals surface area contributed by atoms with Crippen molar-refractivity contribution in [3.63, 3.8) is 0 Å². The molecule has 1 fully saturated rings. The third-order valence-corrected chi connectivity index (χ3v) is 7.48. The quantitative estimate of drug-likeness (QED) is 0.260. The van der Waals surface area contributed by atoms with E-state index in [0.717, 1.165) is 33.3 Å². The summed E-state index contributed by atoms with van der Waals surface area (Å²) >= 11 is 0. The highest BCUT2D eigenvalue weighted by Gasteiger charge is 2.51. The highest BCUT2D eigenvalue weighted by Crippen LogP contribution is 2.36. The molecular weight excluding hydrogens is 483 g/mol. The van der Waals surface area contributed by atoms with Gasteiger partial charge in [0.1, 0.15) is 0 Å². The molecule has 3 aromatic carbocycles. The van der Waals surface area contributed by atoms with Crippen LogP contribution in [-0.2, 0) is 9.31 Å².